The molecule has 1 saturated heterocycles. The summed E-state index contributed by atoms with van der Waals surface area (Å²) >= 11 is 0. The molecule has 0 bridgehead atoms. The summed E-state index contributed by atoms with van der Waals surface area (Å²) in [6.45, 7) is 2.83. The van der Waals surface area contributed by atoms with Gasteiger partial charge in [0.05, 0.1) is 0 Å². The van der Waals surface area contributed by atoms with Gasteiger partial charge < -0.3 is 15.3 Å². The molecular weight excluding hydrogens is 260 g/mol. The number of carboxylic acids is 1. The van der Waals surface area contributed by atoms with Crippen LogP contribution in [0.3, 0.4) is 0 Å². The SMILES string of the molecule is CC1CC1C(=O)NCCC(=O)N1CCCCC1C(=O)O. The summed E-state index contributed by atoms with van der Waals surface area (Å²) in [6.07, 6.45) is 3.31. The highest BCUT2D eigenvalue weighted by Gasteiger charge is 2.39. The van der Waals surface area contributed by atoms with E-state index in [2.05, 4.69) is 5.32 Å². The van der Waals surface area contributed by atoms with Gasteiger partial charge in [0.25, 0.3) is 0 Å². The van der Waals surface area contributed by atoms with Crippen LogP contribution in [0.4, 0.5) is 0 Å². The summed E-state index contributed by atoms with van der Waals surface area (Å²) in [5, 5.41) is 11.9. The molecule has 2 rings (SSSR count). The Labute approximate surface area is 118 Å². The fourth-order valence-corrected chi connectivity index (χ4v) is 2.74. The number of piperidine rings is 1. The number of carbonyl (C=O) groups is 3. The Balaban J connectivity index is 1.75. The van der Waals surface area contributed by atoms with Gasteiger partial charge in [0.15, 0.2) is 0 Å². The van der Waals surface area contributed by atoms with Crippen molar-refractivity contribution in [2.75, 3.05) is 13.1 Å². The second kappa shape index (κ2) is 6.24. The highest BCUT2D eigenvalue weighted by atomic mass is 16.4. The molecule has 6 nitrogen and oxygen atoms in total. The average molecular weight is 282 g/mol. The Morgan fingerprint density at radius 3 is 2.60 bits per heavy atom. The standard InChI is InChI=1S/C14H22N2O4/c1-9-8-10(9)13(18)15-6-5-12(17)16-7-3-2-4-11(16)14(19)20/h9-11H,2-8H2,1H3,(H,15,18)(H,19,20). The number of aliphatic carboxylic acids is 1. The predicted octanol–water partition coefficient (Wildman–Crippen LogP) is 0.614. The van der Waals surface area contributed by atoms with Gasteiger partial charge in [-0.1, -0.05) is 6.92 Å². The second-order valence-corrected chi connectivity index (χ2v) is 5.80. The first-order valence-corrected chi connectivity index (χ1v) is 7.30. The number of nitrogens with one attached hydrogen (secondary N) is 1. The zero-order chi connectivity index (χ0) is 14.7. The Morgan fingerprint density at radius 1 is 1.30 bits per heavy atom. The molecule has 3 atom stereocenters. The minimum absolute atomic E-state index is 0.0127. The van der Waals surface area contributed by atoms with Gasteiger partial charge in [0.2, 0.25) is 11.8 Å². The first-order chi connectivity index (χ1) is 9.50. The Bertz CT molecular complexity index is 410. The topological polar surface area (TPSA) is 86.7 Å². The fourth-order valence-electron chi connectivity index (χ4n) is 2.74. The minimum atomic E-state index is -0.936. The van der Waals surface area contributed by atoms with E-state index in [1.54, 1.807) is 0 Å². The number of hydrogen-bond donors (Lipinski definition) is 2. The van der Waals surface area contributed by atoms with Crippen LogP contribution in [0.5, 0.6) is 0 Å². The monoisotopic (exact) mass is 282 g/mol. The van der Waals surface area contributed by atoms with Gasteiger partial charge in [-0.3, -0.25) is 9.59 Å². The minimum Gasteiger partial charge on any atom is -0.480 e. The lowest BCUT2D eigenvalue weighted by Crippen LogP contribution is -2.48. The van der Waals surface area contributed by atoms with Gasteiger partial charge in [-0.25, -0.2) is 4.79 Å². The summed E-state index contributed by atoms with van der Waals surface area (Å²) in [5.74, 6) is -0.551. The van der Waals surface area contributed by atoms with Crippen molar-refractivity contribution in [1.29, 1.82) is 0 Å². The maximum absolute atomic E-state index is 12.1. The first kappa shape index (κ1) is 14.8. The van der Waals surface area contributed by atoms with Crippen LogP contribution in [0.25, 0.3) is 0 Å². The number of hydrogen-bond acceptors (Lipinski definition) is 3. The third-order valence-electron chi connectivity index (χ3n) is 4.19. The predicted molar refractivity (Wildman–Crippen MR) is 71.9 cm³/mol. The zero-order valence-corrected chi connectivity index (χ0v) is 11.8. The van der Waals surface area contributed by atoms with Crippen molar-refractivity contribution in [3.8, 4) is 0 Å². The molecule has 0 aromatic heterocycles. The third-order valence-corrected chi connectivity index (χ3v) is 4.19. The first-order valence-electron chi connectivity index (χ1n) is 7.30. The van der Waals surface area contributed by atoms with Crippen LogP contribution >= 0.6 is 0 Å². The molecule has 1 aliphatic carbocycles. The molecule has 20 heavy (non-hydrogen) atoms. The number of amides is 2. The van der Waals surface area contributed by atoms with E-state index in [4.69, 9.17) is 5.11 Å². The van der Waals surface area contributed by atoms with E-state index in [1.807, 2.05) is 6.92 Å². The van der Waals surface area contributed by atoms with Crippen molar-refractivity contribution >= 4 is 17.8 Å². The Kier molecular flexibility index (Phi) is 4.62. The Morgan fingerprint density at radius 2 is 2.00 bits per heavy atom. The molecule has 0 aromatic rings. The highest BCUT2D eigenvalue weighted by Crippen LogP contribution is 2.37. The second-order valence-electron chi connectivity index (χ2n) is 5.80. The lowest BCUT2D eigenvalue weighted by Gasteiger charge is -2.33. The van der Waals surface area contributed by atoms with Crippen LogP contribution in [0, 0.1) is 11.8 Å². The molecule has 1 heterocycles. The van der Waals surface area contributed by atoms with Crippen LogP contribution in [0.1, 0.15) is 39.0 Å². The highest BCUT2D eigenvalue weighted by molar-refractivity contribution is 5.85. The summed E-state index contributed by atoms with van der Waals surface area (Å²) in [6, 6.07) is -0.699. The molecular formula is C14H22N2O4. The van der Waals surface area contributed by atoms with Gasteiger partial charge in [-0.15, -0.1) is 0 Å². The third kappa shape index (κ3) is 3.49. The normalized spacial score (nSPS) is 28.9. The van der Waals surface area contributed by atoms with Crippen molar-refractivity contribution in [3.05, 3.63) is 0 Å². The molecule has 1 aliphatic heterocycles. The molecule has 3 unspecified atom stereocenters. The maximum Gasteiger partial charge on any atom is 0.326 e. The molecule has 2 N–H and O–H groups in total. The van der Waals surface area contributed by atoms with Crippen molar-refractivity contribution in [1.82, 2.24) is 10.2 Å². The van der Waals surface area contributed by atoms with Crippen LogP contribution in [-0.2, 0) is 14.4 Å². The number of carboxylic acid groups (broad SMARTS) is 1. The zero-order valence-electron chi connectivity index (χ0n) is 11.8. The van der Waals surface area contributed by atoms with Crippen LogP contribution in [0.2, 0.25) is 0 Å². The number of rotatable bonds is 5. The van der Waals surface area contributed by atoms with E-state index >= 15 is 0 Å². The summed E-state index contributed by atoms with van der Waals surface area (Å²) < 4.78 is 0. The summed E-state index contributed by atoms with van der Waals surface area (Å²) in [4.78, 5) is 36.2. The Hall–Kier alpha value is -1.59. The van der Waals surface area contributed by atoms with Gasteiger partial charge in [0, 0.05) is 25.4 Å². The van der Waals surface area contributed by atoms with Crippen molar-refractivity contribution in [3.63, 3.8) is 0 Å². The summed E-state index contributed by atoms with van der Waals surface area (Å²) in [7, 11) is 0. The van der Waals surface area contributed by atoms with E-state index in [1.165, 1.54) is 4.90 Å². The van der Waals surface area contributed by atoms with E-state index in [-0.39, 0.29) is 24.2 Å². The van der Waals surface area contributed by atoms with E-state index in [9.17, 15) is 14.4 Å². The van der Waals surface area contributed by atoms with Gasteiger partial charge in [-0.2, -0.15) is 0 Å². The molecule has 0 aromatic carbocycles. The van der Waals surface area contributed by atoms with Crippen LogP contribution in [-0.4, -0.2) is 46.9 Å². The molecule has 2 aliphatic rings. The van der Waals surface area contributed by atoms with Crippen molar-refractivity contribution in [2.24, 2.45) is 11.8 Å². The van der Waals surface area contributed by atoms with E-state index < -0.39 is 12.0 Å². The lowest BCUT2D eigenvalue weighted by molar-refractivity contribution is -0.152. The molecule has 2 amide bonds. The molecule has 112 valence electrons. The van der Waals surface area contributed by atoms with Crippen LogP contribution < -0.4 is 5.32 Å². The quantitative estimate of drug-likeness (QED) is 0.773. The number of likely N-dealkylation sites (tertiary alicyclic amines) is 1. The van der Waals surface area contributed by atoms with E-state index in [0.717, 1.165) is 19.3 Å². The smallest absolute Gasteiger partial charge is 0.326 e. The van der Waals surface area contributed by atoms with Gasteiger partial charge in [0.1, 0.15) is 6.04 Å². The number of carbonyl (C=O) groups excluding carboxylic acids is 2. The molecule has 6 heteroatoms. The van der Waals surface area contributed by atoms with Gasteiger partial charge >= 0.3 is 5.97 Å². The van der Waals surface area contributed by atoms with Crippen molar-refractivity contribution < 1.29 is 19.5 Å². The average Bonchev–Trinajstić information content (AvgIpc) is 3.15. The van der Waals surface area contributed by atoms with Crippen LogP contribution in [0.15, 0.2) is 0 Å². The fraction of sp³-hybridized carbons (Fsp3) is 0.786. The molecule has 0 radical (unpaired) electrons. The summed E-state index contributed by atoms with van der Waals surface area (Å²) in [5.41, 5.74) is 0. The maximum atomic E-state index is 12.1. The van der Waals surface area contributed by atoms with Gasteiger partial charge in [-0.05, 0) is 31.6 Å². The van der Waals surface area contributed by atoms with E-state index in [0.29, 0.717) is 25.4 Å². The molecule has 2 fully saturated rings. The molecule has 0 spiro atoms. The largest absolute Gasteiger partial charge is 0.480 e. The number of nitrogens with zero attached hydrogens (tertiary/aromatic N) is 1. The van der Waals surface area contributed by atoms with Crippen molar-refractivity contribution in [2.45, 2.75) is 45.1 Å². The lowest BCUT2D eigenvalue weighted by atomic mass is 10.0. The molecule has 1 saturated carbocycles.